The fourth-order valence-electron chi connectivity index (χ4n) is 2.66. The predicted molar refractivity (Wildman–Crippen MR) is 77.8 cm³/mol. The maximum absolute atomic E-state index is 12.1. The smallest absolute Gasteiger partial charge is 0.211 e. The summed E-state index contributed by atoms with van der Waals surface area (Å²) in [6, 6.07) is 8.50. The number of rotatable bonds is 5. The van der Waals surface area contributed by atoms with Gasteiger partial charge in [-0.15, -0.1) is 11.6 Å². The first-order valence-corrected chi connectivity index (χ1v) is 8.76. The molecule has 0 saturated heterocycles. The number of nitrogens with one attached hydrogen (secondary N) is 1. The van der Waals surface area contributed by atoms with Crippen molar-refractivity contribution in [3.05, 3.63) is 30.3 Å². The average molecular weight is 302 g/mol. The first kappa shape index (κ1) is 14.8. The van der Waals surface area contributed by atoms with Crippen LogP contribution in [0, 0.1) is 11.8 Å². The topological polar surface area (TPSA) is 46.2 Å². The van der Waals surface area contributed by atoms with Gasteiger partial charge in [0, 0.05) is 12.4 Å². The van der Waals surface area contributed by atoms with Crippen molar-refractivity contribution in [2.24, 2.45) is 11.8 Å². The van der Waals surface area contributed by atoms with Crippen LogP contribution in [0.25, 0.3) is 0 Å². The lowest BCUT2D eigenvalue weighted by atomic mass is 9.80. The van der Waals surface area contributed by atoms with Gasteiger partial charge in [0.15, 0.2) is 0 Å². The third kappa shape index (κ3) is 3.94. The normalized spacial score (nSPS) is 24.3. The van der Waals surface area contributed by atoms with E-state index in [0.717, 1.165) is 12.8 Å². The molecule has 0 amide bonds. The monoisotopic (exact) mass is 301 g/mol. The third-order valence-corrected chi connectivity index (χ3v) is 5.69. The molecule has 2 atom stereocenters. The summed E-state index contributed by atoms with van der Waals surface area (Å²) in [6.45, 7) is 0.495. The molecular formula is C14H20ClNO2S. The lowest BCUT2D eigenvalue weighted by Gasteiger charge is -2.30. The van der Waals surface area contributed by atoms with Gasteiger partial charge >= 0.3 is 0 Å². The molecular weight excluding hydrogens is 282 g/mol. The predicted octanol–water partition coefficient (Wildman–Crippen LogP) is 3.01. The van der Waals surface area contributed by atoms with Crippen LogP contribution in [0.3, 0.4) is 0 Å². The quantitative estimate of drug-likeness (QED) is 0.850. The molecule has 19 heavy (non-hydrogen) atoms. The molecule has 1 aromatic rings. The largest absolute Gasteiger partial charge is 0.240 e. The highest BCUT2D eigenvalue weighted by atomic mass is 35.5. The zero-order valence-corrected chi connectivity index (χ0v) is 12.5. The second kappa shape index (κ2) is 6.73. The number of sulfonamides is 1. The second-order valence-electron chi connectivity index (χ2n) is 5.12. The highest BCUT2D eigenvalue weighted by Gasteiger charge is 2.26. The molecule has 0 spiro atoms. The molecule has 0 aliphatic heterocycles. The Kier molecular flexibility index (Phi) is 5.25. The molecule has 0 aromatic heterocycles. The van der Waals surface area contributed by atoms with E-state index < -0.39 is 10.0 Å². The standard InChI is InChI=1S/C14H20ClNO2S/c15-10-12-6-4-5-7-13(12)11-16-19(17,18)14-8-2-1-3-9-14/h1-3,8-9,12-13,16H,4-7,10-11H2. The van der Waals surface area contributed by atoms with Crippen molar-refractivity contribution >= 4 is 21.6 Å². The van der Waals surface area contributed by atoms with Gasteiger partial charge in [0.1, 0.15) is 0 Å². The Morgan fingerprint density at radius 1 is 1.11 bits per heavy atom. The fraction of sp³-hybridized carbons (Fsp3) is 0.571. The van der Waals surface area contributed by atoms with Crippen molar-refractivity contribution < 1.29 is 8.42 Å². The van der Waals surface area contributed by atoms with E-state index in [4.69, 9.17) is 11.6 Å². The van der Waals surface area contributed by atoms with Gasteiger partial charge in [0.25, 0.3) is 0 Å². The lowest BCUT2D eigenvalue weighted by Crippen LogP contribution is -2.34. The van der Waals surface area contributed by atoms with Gasteiger partial charge in [0.05, 0.1) is 4.90 Å². The number of benzene rings is 1. The summed E-state index contributed by atoms with van der Waals surface area (Å²) in [4.78, 5) is 0.327. The molecule has 1 saturated carbocycles. The van der Waals surface area contributed by atoms with E-state index in [1.165, 1.54) is 12.8 Å². The molecule has 106 valence electrons. The highest BCUT2D eigenvalue weighted by Crippen LogP contribution is 2.30. The van der Waals surface area contributed by atoms with Gasteiger partial charge in [-0.25, -0.2) is 13.1 Å². The molecule has 0 radical (unpaired) electrons. The van der Waals surface area contributed by atoms with Gasteiger partial charge in [-0.1, -0.05) is 31.0 Å². The van der Waals surface area contributed by atoms with Crippen LogP contribution in [0.4, 0.5) is 0 Å². The fourth-order valence-corrected chi connectivity index (χ4v) is 4.18. The Bertz CT molecular complexity index is 489. The number of hydrogen-bond acceptors (Lipinski definition) is 2. The van der Waals surface area contributed by atoms with Gasteiger partial charge in [-0.2, -0.15) is 0 Å². The van der Waals surface area contributed by atoms with Gasteiger partial charge in [-0.05, 0) is 36.8 Å². The van der Waals surface area contributed by atoms with Crippen LogP contribution < -0.4 is 4.72 Å². The highest BCUT2D eigenvalue weighted by molar-refractivity contribution is 7.89. The zero-order valence-electron chi connectivity index (χ0n) is 10.9. The summed E-state index contributed by atoms with van der Waals surface area (Å²) in [6.07, 6.45) is 4.56. The minimum Gasteiger partial charge on any atom is -0.211 e. The number of halogens is 1. The summed E-state index contributed by atoms with van der Waals surface area (Å²) in [7, 11) is -3.38. The summed E-state index contributed by atoms with van der Waals surface area (Å²) in [5.41, 5.74) is 0. The van der Waals surface area contributed by atoms with Gasteiger partial charge in [-0.3, -0.25) is 0 Å². The van der Waals surface area contributed by atoms with Crippen LogP contribution in [-0.4, -0.2) is 20.8 Å². The summed E-state index contributed by atoms with van der Waals surface area (Å²) < 4.78 is 27.0. The molecule has 3 nitrogen and oxygen atoms in total. The lowest BCUT2D eigenvalue weighted by molar-refractivity contribution is 0.260. The summed E-state index contributed by atoms with van der Waals surface area (Å²) >= 11 is 5.96. The summed E-state index contributed by atoms with van der Waals surface area (Å²) in [5.74, 6) is 1.43. The minimum absolute atomic E-state index is 0.327. The zero-order chi connectivity index (χ0) is 13.7. The van der Waals surface area contributed by atoms with Crippen molar-refractivity contribution in [2.45, 2.75) is 30.6 Å². The van der Waals surface area contributed by atoms with Crippen molar-refractivity contribution in [3.8, 4) is 0 Å². The van der Waals surface area contributed by atoms with E-state index in [1.807, 2.05) is 6.07 Å². The van der Waals surface area contributed by atoms with Gasteiger partial charge < -0.3 is 0 Å². The Morgan fingerprint density at radius 3 is 2.37 bits per heavy atom. The van der Waals surface area contributed by atoms with Crippen molar-refractivity contribution in [2.75, 3.05) is 12.4 Å². The van der Waals surface area contributed by atoms with Crippen molar-refractivity contribution in [3.63, 3.8) is 0 Å². The molecule has 1 aromatic carbocycles. The number of hydrogen-bond donors (Lipinski definition) is 1. The molecule has 5 heteroatoms. The Balaban J connectivity index is 1.98. The van der Waals surface area contributed by atoms with E-state index in [-0.39, 0.29) is 0 Å². The molecule has 0 heterocycles. The van der Waals surface area contributed by atoms with Crippen LogP contribution >= 0.6 is 11.6 Å². The minimum atomic E-state index is -3.38. The molecule has 1 aliphatic rings. The van der Waals surface area contributed by atoms with Crippen LogP contribution in [0.2, 0.25) is 0 Å². The second-order valence-corrected chi connectivity index (χ2v) is 7.20. The molecule has 0 bridgehead atoms. The van der Waals surface area contributed by atoms with Crippen LogP contribution in [0.1, 0.15) is 25.7 Å². The molecule has 1 N–H and O–H groups in total. The Labute approximate surface area is 120 Å². The van der Waals surface area contributed by atoms with Crippen LogP contribution in [0.5, 0.6) is 0 Å². The molecule has 2 rings (SSSR count). The number of alkyl halides is 1. The molecule has 2 unspecified atom stereocenters. The van der Waals surface area contributed by atoms with Crippen molar-refractivity contribution in [1.82, 2.24) is 4.72 Å². The van der Waals surface area contributed by atoms with Crippen LogP contribution in [-0.2, 0) is 10.0 Å². The van der Waals surface area contributed by atoms with Crippen molar-refractivity contribution in [1.29, 1.82) is 0 Å². The first-order chi connectivity index (χ1) is 9.13. The SMILES string of the molecule is O=S(=O)(NCC1CCCCC1CCl)c1ccccc1. The van der Waals surface area contributed by atoms with Gasteiger partial charge in [0.2, 0.25) is 10.0 Å². The van der Waals surface area contributed by atoms with E-state index in [9.17, 15) is 8.42 Å². The Morgan fingerprint density at radius 2 is 1.74 bits per heavy atom. The van der Waals surface area contributed by atoms with E-state index in [1.54, 1.807) is 24.3 Å². The first-order valence-electron chi connectivity index (χ1n) is 6.74. The van der Waals surface area contributed by atoms with E-state index in [0.29, 0.717) is 29.2 Å². The Hall–Kier alpha value is -0.580. The molecule has 1 fully saturated rings. The van der Waals surface area contributed by atoms with E-state index >= 15 is 0 Å². The maximum atomic E-state index is 12.1. The average Bonchev–Trinajstić information content (AvgIpc) is 2.46. The molecule has 1 aliphatic carbocycles. The maximum Gasteiger partial charge on any atom is 0.240 e. The van der Waals surface area contributed by atoms with E-state index in [2.05, 4.69) is 4.72 Å². The third-order valence-electron chi connectivity index (χ3n) is 3.85. The summed E-state index contributed by atoms with van der Waals surface area (Å²) in [5, 5.41) is 0. The van der Waals surface area contributed by atoms with Crippen LogP contribution in [0.15, 0.2) is 35.2 Å².